The first-order chi connectivity index (χ1) is 12.2. The Hall–Kier alpha value is -1.15. The van der Waals surface area contributed by atoms with Crippen LogP contribution in [0.3, 0.4) is 0 Å². The molecule has 0 amide bonds. The van der Waals surface area contributed by atoms with Crippen molar-refractivity contribution in [3.8, 4) is 0 Å². The van der Waals surface area contributed by atoms with Crippen molar-refractivity contribution in [2.45, 2.75) is 50.2 Å². The summed E-state index contributed by atoms with van der Waals surface area (Å²) in [7, 11) is -2.81. The van der Waals surface area contributed by atoms with E-state index in [0.717, 1.165) is 51.4 Å². The summed E-state index contributed by atoms with van der Waals surface area (Å²) in [6.45, 7) is 1.79. The number of aromatic nitrogens is 1. The summed E-state index contributed by atoms with van der Waals surface area (Å²) >= 11 is 0. The lowest BCUT2D eigenvalue weighted by molar-refractivity contribution is -0.137. The Morgan fingerprint density at radius 1 is 1.12 bits per heavy atom. The molecule has 8 heteroatoms. The van der Waals surface area contributed by atoms with Crippen molar-refractivity contribution < 1.29 is 21.6 Å². The maximum Gasteiger partial charge on any atom is 0.417 e. The van der Waals surface area contributed by atoms with Gasteiger partial charge in [-0.2, -0.15) is 13.2 Å². The molecular weight excluding hydrogens is 365 g/mol. The van der Waals surface area contributed by atoms with Crippen LogP contribution in [0, 0.1) is 5.41 Å². The van der Waals surface area contributed by atoms with Crippen LogP contribution >= 0.6 is 0 Å². The van der Waals surface area contributed by atoms with Crippen LogP contribution in [0.5, 0.6) is 0 Å². The molecule has 0 unspecified atom stereocenters. The van der Waals surface area contributed by atoms with E-state index in [0.29, 0.717) is 23.1 Å². The zero-order valence-electron chi connectivity index (χ0n) is 14.5. The second kappa shape index (κ2) is 6.19. The molecule has 1 saturated carbocycles. The van der Waals surface area contributed by atoms with Gasteiger partial charge in [0.1, 0.15) is 0 Å². The Bertz CT molecular complexity index is 774. The summed E-state index contributed by atoms with van der Waals surface area (Å²) in [5.74, 6) is 0.769. The third kappa shape index (κ3) is 3.50. The summed E-state index contributed by atoms with van der Waals surface area (Å²) in [6.07, 6.45) is 2.64. The molecule has 3 fully saturated rings. The van der Waals surface area contributed by atoms with Crippen molar-refractivity contribution in [1.82, 2.24) is 9.88 Å². The van der Waals surface area contributed by atoms with Crippen LogP contribution in [0.15, 0.2) is 18.5 Å². The highest BCUT2D eigenvalue weighted by Gasteiger charge is 2.52. The standard InChI is InChI=1S/C18H23F3N2O2S/c19-18(20,21)15-7-14(8-22-9-15)13-1-3-16(4-2-13)23-6-5-17(10-23)11-26(24,25)12-17/h7-9,13,16H,1-6,10-12H2/t13-,16-. The lowest BCUT2D eigenvalue weighted by Crippen LogP contribution is -2.51. The van der Waals surface area contributed by atoms with Crippen LogP contribution < -0.4 is 0 Å². The van der Waals surface area contributed by atoms with Crippen LogP contribution in [0.2, 0.25) is 0 Å². The van der Waals surface area contributed by atoms with E-state index in [4.69, 9.17) is 0 Å². The highest BCUT2D eigenvalue weighted by Crippen LogP contribution is 2.44. The van der Waals surface area contributed by atoms with E-state index >= 15 is 0 Å². The first-order valence-electron chi connectivity index (χ1n) is 9.13. The van der Waals surface area contributed by atoms with Gasteiger partial charge in [-0.25, -0.2) is 8.42 Å². The molecule has 3 aliphatic rings. The normalized spacial score (nSPS) is 31.0. The Morgan fingerprint density at radius 2 is 1.81 bits per heavy atom. The van der Waals surface area contributed by atoms with Gasteiger partial charge in [0.05, 0.1) is 17.1 Å². The van der Waals surface area contributed by atoms with Gasteiger partial charge >= 0.3 is 6.18 Å². The first kappa shape index (κ1) is 18.2. The maximum absolute atomic E-state index is 12.9. The van der Waals surface area contributed by atoms with Crippen LogP contribution in [-0.4, -0.2) is 48.9 Å². The summed E-state index contributed by atoms with van der Waals surface area (Å²) in [5.41, 5.74) is -0.0215. The monoisotopic (exact) mass is 388 g/mol. The molecule has 1 spiro atoms. The van der Waals surface area contributed by atoms with Crippen LogP contribution in [0.1, 0.15) is 49.1 Å². The largest absolute Gasteiger partial charge is 0.417 e. The average Bonchev–Trinajstić information content (AvgIpc) is 2.98. The molecule has 144 valence electrons. The van der Waals surface area contributed by atoms with Gasteiger partial charge in [-0.1, -0.05) is 0 Å². The van der Waals surface area contributed by atoms with E-state index < -0.39 is 21.6 Å². The maximum atomic E-state index is 12.9. The molecule has 0 aromatic carbocycles. The van der Waals surface area contributed by atoms with E-state index in [1.807, 2.05) is 0 Å². The van der Waals surface area contributed by atoms with E-state index in [1.54, 1.807) is 6.20 Å². The molecule has 1 aliphatic carbocycles. The van der Waals surface area contributed by atoms with Gasteiger partial charge in [-0.15, -0.1) is 0 Å². The summed E-state index contributed by atoms with van der Waals surface area (Å²) in [6, 6.07) is 1.66. The Morgan fingerprint density at radius 3 is 2.42 bits per heavy atom. The molecular formula is C18H23F3N2O2S. The molecule has 26 heavy (non-hydrogen) atoms. The van der Waals surface area contributed by atoms with Crippen molar-refractivity contribution in [3.63, 3.8) is 0 Å². The summed E-state index contributed by atoms with van der Waals surface area (Å²) < 4.78 is 61.7. The van der Waals surface area contributed by atoms with Crippen molar-refractivity contribution in [2.75, 3.05) is 24.6 Å². The molecule has 3 heterocycles. The summed E-state index contributed by atoms with van der Waals surface area (Å²) in [4.78, 5) is 6.20. The van der Waals surface area contributed by atoms with Gasteiger partial charge in [-0.3, -0.25) is 9.88 Å². The van der Waals surface area contributed by atoms with Gasteiger partial charge in [-0.05, 0) is 56.2 Å². The molecule has 1 aromatic rings. The molecule has 4 nitrogen and oxygen atoms in total. The zero-order chi connectivity index (χ0) is 18.6. The highest BCUT2D eigenvalue weighted by molar-refractivity contribution is 7.92. The van der Waals surface area contributed by atoms with Crippen molar-refractivity contribution >= 4 is 9.84 Å². The molecule has 2 saturated heterocycles. The fourth-order valence-corrected chi connectivity index (χ4v) is 7.27. The zero-order valence-corrected chi connectivity index (χ0v) is 15.3. The number of pyridine rings is 1. The third-order valence-electron chi connectivity index (χ3n) is 6.29. The van der Waals surface area contributed by atoms with E-state index in [-0.39, 0.29) is 11.3 Å². The number of sulfone groups is 1. The number of hydrogen-bond acceptors (Lipinski definition) is 4. The van der Waals surface area contributed by atoms with Crippen LogP contribution in [0.25, 0.3) is 0 Å². The van der Waals surface area contributed by atoms with E-state index in [2.05, 4.69) is 9.88 Å². The minimum Gasteiger partial charge on any atom is -0.300 e. The Balaban J connectivity index is 1.35. The first-order valence-corrected chi connectivity index (χ1v) is 10.9. The van der Waals surface area contributed by atoms with Crippen molar-refractivity contribution in [3.05, 3.63) is 29.6 Å². The molecule has 4 rings (SSSR count). The summed E-state index contributed by atoms with van der Waals surface area (Å²) in [5, 5.41) is 0. The highest BCUT2D eigenvalue weighted by atomic mass is 32.2. The van der Waals surface area contributed by atoms with Gasteiger partial charge in [0.2, 0.25) is 0 Å². The number of rotatable bonds is 2. The predicted molar refractivity (Wildman–Crippen MR) is 91.5 cm³/mol. The minimum atomic E-state index is -4.35. The SMILES string of the molecule is O=S1(=O)CC2(CCN([C@H]3CC[C@H](c4cncc(C(F)(F)F)c4)CC3)C2)C1. The molecule has 0 N–H and O–H groups in total. The van der Waals surface area contributed by atoms with E-state index in [9.17, 15) is 21.6 Å². The van der Waals surface area contributed by atoms with Crippen molar-refractivity contribution in [2.24, 2.45) is 5.41 Å². The molecule has 2 aliphatic heterocycles. The lowest BCUT2D eigenvalue weighted by Gasteiger charge is -2.40. The Kier molecular flexibility index (Phi) is 4.34. The van der Waals surface area contributed by atoms with Gasteiger partial charge in [0, 0.05) is 30.4 Å². The number of likely N-dealkylation sites (tertiary alicyclic amines) is 1. The van der Waals surface area contributed by atoms with Crippen molar-refractivity contribution in [1.29, 1.82) is 0 Å². The second-order valence-electron chi connectivity index (χ2n) is 8.26. The lowest BCUT2D eigenvalue weighted by atomic mass is 9.81. The van der Waals surface area contributed by atoms with E-state index in [1.165, 1.54) is 6.07 Å². The number of nitrogens with zero attached hydrogens (tertiary/aromatic N) is 2. The fourth-order valence-electron chi connectivity index (χ4n) is 5.02. The third-order valence-corrected chi connectivity index (χ3v) is 8.40. The number of alkyl halides is 3. The molecule has 1 aromatic heterocycles. The van der Waals surface area contributed by atoms with Crippen LogP contribution in [0.4, 0.5) is 13.2 Å². The van der Waals surface area contributed by atoms with Crippen LogP contribution in [-0.2, 0) is 16.0 Å². The second-order valence-corrected chi connectivity index (χ2v) is 10.3. The molecule has 0 atom stereocenters. The quantitative estimate of drug-likeness (QED) is 0.781. The molecule has 0 bridgehead atoms. The smallest absolute Gasteiger partial charge is 0.300 e. The fraction of sp³-hybridized carbons (Fsp3) is 0.722. The van der Waals surface area contributed by atoms with Gasteiger partial charge in [0.25, 0.3) is 0 Å². The minimum absolute atomic E-state index is 0.0271. The Labute approximate surface area is 151 Å². The molecule has 0 radical (unpaired) electrons. The number of halogens is 3. The predicted octanol–water partition coefficient (Wildman–Crippen LogP) is 3.25. The van der Waals surface area contributed by atoms with Gasteiger partial charge in [0.15, 0.2) is 9.84 Å². The topological polar surface area (TPSA) is 50.3 Å². The van der Waals surface area contributed by atoms with Gasteiger partial charge < -0.3 is 0 Å². The number of hydrogen-bond donors (Lipinski definition) is 0. The average molecular weight is 388 g/mol.